The van der Waals surface area contributed by atoms with E-state index >= 15 is 0 Å². The van der Waals surface area contributed by atoms with Crippen LogP contribution in [0.25, 0.3) is 11.3 Å². The Morgan fingerprint density at radius 1 is 1.12 bits per heavy atom. The number of amides is 1. The van der Waals surface area contributed by atoms with E-state index in [9.17, 15) is 9.59 Å². The fourth-order valence-electron chi connectivity index (χ4n) is 3.55. The molecule has 2 aromatic carbocycles. The molecule has 1 aliphatic heterocycles. The monoisotopic (exact) mass is 498 g/mol. The Hall–Kier alpha value is -3.17. The van der Waals surface area contributed by atoms with Gasteiger partial charge in [-0.05, 0) is 30.0 Å². The number of anilines is 1. The zero-order chi connectivity index (χ0) is 24.2. The van der Waals surface area contributed by atoms with Crippen LogP contribution in [0.1, 0.15) is 45.4 Å². The molecule has 4 rings (SSSR count). The topological polar surface area (TPSA) is 94.5 Å². The molecule has 0 saturated heterocycles. The maximum atomic E-state index is 13.3. The predicted octanol–water partition coefficient (Wildman–Crippen LogP) is 5.45. The number of rotatable bonds is 6. The maximum absolute atomic E-state index is 13.3. The van der Waals surface area contributed by atoms with Crippen LogP contribution in [-0.2, 0) is 9.59 Å². The highest BCUT2D eigenvalue weighted by atomic mass is 35.5. The molecule has 1 aromatic heterocycles. The van der Waals surface area contributed by atoms with Crippen LogP contribution >= 0.6 is 23.4 Å². The summed E-state index contributed by atoms with van der Waals surface area (Å²) in [6.07, 6.45) is -0.610. The molecular weight excluding hydrogens is 476 g/mol. The van der Waals surface area contributed by atoms with Crippen LogP contribution in [0.2, 0.25) is 5.02 Å². The van der Waals surface area contributed by atoms with Gasteiger partial charge in [0.05, 0.1) is 11.3 Å². The van der Waals surface area contributed by atoms with Gasteiger partial charge in [0.15, 0.2) is 5.69 Å². The molecule has 8 nitrogen and oxygen atoms in total. The summed E-state index contributed by atoms with van der Waals surface area (Å²) in [6, 6.07) is 12.2. The molecule has 1 atom stereocenters. The molecule has 0 N–H and O–H groups in total. The number of hydrogen-bond acceptors (Lipinski definition) is 8. The summed E-state index contributed by atoms with van der Waals surface area (Å²) in [4.78, 5) is 31.6. The highest BCUT2D eigenvalue weighted by Gasteiger charge is 2.37. The first-order valence-electron chi connectivity index (χ1n) is 10.9. The fourth-order valence-corrected chi connectivity index (χ4v) is 4.23. The Bertz CT molecular complexity index is 1240. The Kier molecular flexibility index (Phi) is 7.33. The Balaban J connectivity index is 1.97. The quantitative estimate of drug-likeness (QED) is 0.251. The lowest BCUT2D eigenvalue weighted by Crippen LogP contribution is -2.37. The van der Waals surface area contributed by atoms with E-state index in [1.165, 1.54) is 16.7 Å². The van der Waals surface area contributed by atoms with Gasteiger partial charge in [-0.1, -0.05) is 62.3 Å². The van der Waals surface area contributed by atoms with Crippen molar-refractivity contribution in [3.8, 4) is 22.9 Å². The molecule has 2 heterocycles. The molecule has 34 heavy (non-hydrogen) atoms. The SMILES string of the molecule is CCSc1nnc2c(n1)OC(c1cc(Cl)ccc1OC(=O)CC)N(C(=O)CC)c1ccccc1-2. The van der Waals surface area contributed by atoms with Crippen LogP contribution in [0.5, 0.6) is 11.6 Å². The van der Waals surface area contributed by atoms with Gasteiger partial charge in [0.1, 0.15) is 5.75 Å². The second-order valence-corrected chi connectivity index (χ2v) is 8.96. The van der Waals surface area contributed by atoms with E-state index in [-0.39, 0.29) is 30.4 Å². The minimum atomic E-state index is -1.01. The first-order valence-corrected chi connectivity index (χ1v) is 12.3. The highest BCUT2D eigenvalue weighted by Crippen LogP contribution is 2.45. The number of hydrogen-bond donors (Lipinski definition) is 0. The molecule has 0 saturated carbocycles. The molecule has 3 aromatic rings. The van der Waals surface area contributed by atoms with Gasteiger partial charge < -0.3 is 9.47 Å². The van der Waals surface area contributed by atoms with Crippen LogP contribution in [0.15, 0.2) is 47.6 Å². The second-order valence-electron chi connectivity index (χ2n) is 7.30. The summed E-state index contributed by atoms with van der Waals surface area (Å²) < 4.78 is 12.0. The lowest BCUT2D eigenvalue weighted by molar-refractivity contribution is -0.134. The first kappa shape index (κ1) is 24.0. The number of fused-ring (bicyclic) bond motifs is 3. The van der Waals surface area contributed by atoms with Crippen molar-refractivity contribution in [1.29, 1.82) is 0 Å². The normalized spacial score (nSPS) is 14.5. The van der Waals surface area contributed by atoms with Gasteiger partial charge in [-0.15, -0.1) is 10.2 Å². The van der Waals surface area contributed by atoms with Crippen LogP contribution in [0, 0.1) is 0 Å². The Morgan fingerprint density at radius 3 is 2.65 bits per heavy atom. The molecule has 0 aliphatic carbocycles. The van der Waals surface area contributed by atoms with Crippen LogP contribution in [0.3, 0.4) is 0 Å². The maximum Gasteiger partial charge on any atom is 0.310 e. The molecule has 0 radical (unpaired) electrons. The van der Waals surface area contributed by atoms with Crippen molar-refractivity contribution in [1.82, 2.24) is 15.2 Å². The van der Waals surface area contributed by atoms with Gasteiger partial charge in [0.25, 0.3) is 0 Å². The first-order chi connectivity index (χ1) is 16.5. The number of esters is 1. The zero-order valence-corrected chi connectivity index (χ0v) is 20.5. The lowest BCUT2D eigenvalue weighted by Gasteiger charge is -2.31. The van der Waals surface area contributed by atoms with Crippen molar-refractivity contribution in [2.24, 2.45) is 0 Å². The Morgan fingerprint density at radius 2 is 1.91 bits per heavy atom. The standard InChI is InChI=1S/C24H23ClN4O4S/c1-4-19(30)29-17-10-8-7-9-15(17)21-22(26-24(28-27-21)34-6-3)33-23(29)16-13-14(25)11-12-18(16)32-20(31)5-2/h7-13,23H,4-6H2,1-3H3. The minimum absolute atomic E-state index is 0.186. The van der Waals surface area contributed by atoms with Gasteiger partial charge in [-0.2, -0.15) is 4.98 Å². The number of thioether (sulfide) groups is 1. The minimum Gasteiger partial charge on any atom is -0.447 e. The summed E-state index contributed by atoms with van der Waals surface area (Å²) in [5.41, 5.74) is 2.07. The van der Waals surface area contributed by atoms with Gasteiger partial charge in [-0.25, -0.2) is 0 Å². The van der Waals surface area contributed by atoms with Crippen molar-refractivity contribution in [2.75, 3.05) is 10.7 Å². The summed E-state index contributed by atoms with van der Waals surface area (Å²) in [5.74, 6) is 0.613. The molecule has 176 valence electrons. The summed E-state index contributed by atoms with van der Waals surface area (Å²) >= 11 is 7.76. The molecule has 0 spiro atoms. The van der Waals surface area contributed by atoms with E-state index in [4.69, 9.17) is 21.1 Å². The van der Waals surface area contributed by atoms with Crippen LogP contribution in [0.4, 0.5) is 5.69 Å². The van der Waals surface area contributed by atoms with Crippen molar-refractivity contribution in [3.05, 3.63) is 53.1 Å². The number of carbonyl (C=O) groups is 2. The Labute approximate surface area is 206 Å². The van der Waals surface area contributed by atoms with E-state index in [0.29, 0.717) is 32.7 Å². The van der Waals surface area contributed by atoms with E-state index in [0.717, 1.165) is 5.75 Å². The highest BCUT2D eigenvalue weighted by molar-refractivity contribution is 7.99. The number of para-hydroxylation sites is 1. The number of ether oxygens (including phenoxy) is 2. The third-order valence-electron chi connectivity index (χ3n) is 5.11. The van der Waals surface area contributed by atoms with Crippen molar-refractivity contribution < 1.29 is 19.1 Å². The van der Waals surface area contributed by atoms with Crippen molar-refractivity contribution >= 4 is 40.9 Å². The molecule has 0 fully saturated rings. The lowest BCUT2D eigenvalue weighted by atomic mass is 10.1. The molecule has 10 heteroatoms. The molecule has 1 amide bonds. The number of halogens is 1. The van der Waals surface area contributed by atoms with Gasteiger partial charge >= 0.3 is 5.97 Å². The van der Waals surface area contributed by atoms with E-state index in [1.54, 1.807) is 32.0 Å². The van der Waals surface area contributed by atoms with Gasteiger partial charge in [0, 0.05) is 23.4 Å². The smallest absolute Gasteiger partial charge is 0.310 e. The average molecular weight is 499 g/mol. The van der Waals surface area contributed by atoms with Gasteiger partial charge in [-0.3, -0.25) is 14.5 Å². The number of benzene rings is 2. The van der Waals surface area contributed by atoms with E-state index in [2.05, 4.69) is 15.2 Å². The number of aromatic nitrogens is 3. The molecule has 1 unspecified atom stereocenters. The number of nitrogens with zero attached hydrogens (tertiary/aromatic N) is 4. The summed E-state index contributed by atoms with van der Waals surface area (Å²) in [7, 11) is 0. The third-order valence-corrected chi connectivity index (χ3v) is 6.06. The molecule has 1 aliphatic rings. The van der Waals surface area contributed by atoms with Crippen molar-refractivity contribution in [2.45, 2.75) is 45.0 Å². The summed E-state index contributed by atoms with van der Waals surface area (Å²) in [5, 5.41) is 9.46. The second kappa shape index (κ2) is 10.4. The molecular formula is C24H23ClN4O4S. The van der Waals surface area contributed by atoms with E-state index in [1.807, 2.05) is 31.2 Å². The average Bonchev–Trinajstić information content (AvgIpc) is 2.99. The van der Waals surface area contributed by atoms with Gasteiger partial charge in [0.2, 0.25) is 23.2 Å². The number of carbonyl (C=O) groups excluding carboxylic acids is 2. The predicted molar refractivity (Wildman–Crippen MR) is 130 cm³/mol. The zero-order valence-electron chi connectivity index (χ0n) is 18.9. The van der Waals surface area contributed by atoms with Crippen LogP contribution in [-0.4, -0.2) is 32.8 Å². The molecule has 0 bridgehead atoms. The van der Waals surface area contributed by atoms with Crippen molar-refractivity contribution in [3.63, 3.8) is 0 Å². The van der Waals surface area contributed by atoms with E-state index < -0.39 is 12.2 Å². The largest absolute Gasteiger partial charge is 0.447 e. The summed E-state index contributed by atoms with van der Waals surface area (Å²) in [6.45, 7) is 5.46. The third kappa shape index (κ3) is 4.71. The fraction of sp³-hybridized carbons (Fsp3) is 0.292. The van der Waals surface area contributed by atoms with Crippen LogP contribution < -0.4 is 14.4 Å².